The van der Waals surface area contributed by atoms with Gasteiger partial charge in [0, 0.05) is 10.1 Å². The predicted octanol–water partition coefficient (Wildman–Crippen LogP) is 3.44. The van der Waals surface area contributed by atoms with E-state index in [1.54, 1.807) is 0 Å². The first-order chi connectivity index (χ1) is 9.13. The van der Waals surface area contributed by atoms with Crippen molar-refractivity contribution in [2.75, 3.05) is 6.54 Å². The highest BCUT2D eigenvalue weighted by Gasteiger charge is 2.29. The summed E-state index contributed by atoms with van der Waals surface area (Å²) in [5.41, 5.74) is 7.14. The van der Waals surface area contributed by atoms with Gasteiger partial charge in [-0.1, -0.05) is 38.8 Å². The second-order valence-electron chi connectivity index (χ2n) is 5.84. The van der Waals surface area contributed by atoms with E-state index in [0.717, 1.165) is 17.7 Å². The number of hydrogen-bond donors (Lipinski definition) is 1. The minimum atomic E-state index is -0.901. The van der Waals surface area contributed by atoms with Gasteiger partial charge in [-0.3, -0.25) is 4.21 Å². The van der Waals surface area contributed by atoms with Crippen LogP contribution in [0.1, 0.15) is 51.0 Å². The average molecular weight is 279 g/mol. The van der Waals surface area contributed by atoms with Gasteiger partial charge >= 0.3 is 0 Å². The van der Waals surface area contributed by atoms with Gasteiger partial charge in [0.15, 0.2) is 0 Å². The lowest BCUT2D eigenvalue weighted by atomic mass is 9.89. The van der Waals surface area contributed by atoms with Gasteiger partial charge < -0.3 is 5.73 Å². The van der Waals surface area contributed by atoms with Crippen LogP contribution in [-0.2, 0) is 10.8 Å². The molecule has 0 amide bonds. The van der Waals surface area contributed by atoms with Crippen molar-refractivity contribution in [1.82, 2.24) is 0 Å². The van der Waals surface area contributed by atoms with E-state index in [9.17, 15) is 4.21 Å². The normalized spacial score (nSPS) is 25.5. The zero-order valence-electron chi connectivity index (χ0n) is 12.0. The molecule has 3 unspecified atom stereocenters. The molecule has 1 aromatic carbocycles. The first-order valence-corrected chi connectivity index (χ1v) is 8.55. The Hall–Kier alpha value is -0.670. The Morgan fingerprint density at radius 2 is 1.84 bits per heavy atom. The molecule has 3 atom stereocenters. The summed E-state index contributed by atoms with van der Waals surface area (Å²) in [7, 11) is -0.901. The van der Waals surface area contributed by atoms with Crippen LogP contribution < -0.4 is 5.73 Å². The third kappa shape index (κ3) is 3.46. The topological polar surface area (TPSA) is 43.1 Å². The van der Waals surface area contributed by atoms with E-state index < -0.39 is 10.8 Å². The quantitative estimate of drug-likeness (QED) is 0.917. The average Bonchev–Trinajstić information content (AvgIpc) is 2.46. The maximum absolute atomic E-state index is 12.7. The summed E-state index contributed by atoms with van der Waals surface area (Å²) in [5.74, 6) is 0.952. The molecular weight excluding hydrogens is 254 g/mol. The highest BCUT2D eigenvalue weighted by molar-refractivity contribution is 7.85. The molecule has 106 valence electrons. The molecule has 1 aliphatic carbocycles. The number of benzene rings is 1. The van der Waals surface area contributed by atoms with E-state index in [1.165, 1.54) is 18.4 Å². The molecule has 2 rings (SSSR count). The monoisotopic (exact) mass is 279 g/mol. The standard InChI is InChI=1S/C16H25NOS/c1-12(2)13-7-9-15(10-8-13)19(18)16-6-4-3-5-14(16)11-17/h7-10,12,14,16H,3-6,11,17H2,1-2H3. The van der Waals surface area contributed by atoms with E-state index >= 15 is 0 Å². The predicted molar refractivity (Wildman–Crippen MR) is 81.7 cm³/mol. The Bertz CT molecular complexity index is 427. The van der Waals surface area contributed by atoms with Crippen molar-refractivity contribution < 1.29 is 4.21 Å². The van der Waals surface area contributed by atoms with Gasteiger partial charge in [-0.2, -0.15) is 0 Å². The third-order valence-electron chi connectivity index (χ3n) is 4.20. The molecule has 2 N–H and O–H groups in total. The molecule has 1 saturated carbocycles. The largest absolute Gasteiger partial charge is 0.330 e. The van der Waals surface area contributed by atoms with Gasteiger partial charge in [0.25, 0.3) is 0 Å². The first-order valence-electron chi connectivity index (χ1n) is 7.34. The third-order valence-corrected chi connectivity index (χ3v) is 6.10. The molecular formula is C16H25NOS. The summed E-state index contributed by atoms with van der Waals surface area (Å²) >= 11 is 0. The lowest BCUT2D eigenvalue weighted by molar-refractivity contribution is 0.372. The van der Waals surface area contributed by atoms with Crippen molar-refractivity contribution in [2.24, 2.45) is 11.7 Å². The minimum Gasteiger partial charge on any atom is -0.330 e. The molecule has 1 fully saturated rings. The molecule has 0 aliphatic heterocycles. The Balaban J connectivity index is 2.13. The van der Waals surface area contributed by atoms with Gasteiger partial charge in [-0.15, -0.1) is 0 Å². The maximum atomic E-state index is 12.7. The van der Waals surface area contributed by atoms with Crippen molar-refractivity contribution in [1.29, 1.82) is 0 Å². The van der Waals surface area contributed by atoms with Crippen LogP contribution in [-0.4, -0.2) is 16.0 Å². The molecule has 0 radical (unpaired) electrons. The van der Waals surface area contributed by atoms with Gasteiger partial charge in [0.05, 0.1) is 10.8 Å². The fraction of sp³-hybridized carbons (Fsp3) is 0.625. The van der Waals surface area contributed by atoms with Crippen LogP contribution in [0.25, 0.3) is 0 Å². The van der Waals surface area contributed by atoms with Crippen LogP contribution >= 0.6 is 0 Å². The SMILES string of the molecule is CC(C)c1ccc(S(=O)C2CCCCC2CN)cc1. The lowest BCUT2D eigenvalue weighted by Gasteiger charge is -2.29. The van der Waals surface area contributed by atoms with E-state index in [1.807, 2.05) is 12.1 Å². The summed E-state index contributed by atoms with van der Waals surface area (Å²) < 4.78 is 12.7. The fourth-order valence-electron chi connectivity index (χ4n) is 2.89. The van der Waals surface area contributed by atoms with Gasteiger partial charge in [0.1, 0.15) is 0 Å². The van der Waals surface area contributed by atoms with Crippen LogP contribution in [0.5, 0.6) is 0 Å². The van der Waals surface area contributed by atoms with Crippen molar-refractivity contribution in [3.05, 3.63) is 29.8 Å². The summed E-state index contributed by atoms with van der Waals surface area (Å²) in [6.07, 6.45) is 4.62. The van der Waals surface area contributed by atoms with Crippen LogP contribution in [0.4, 0.5) is 0 Å². The molecule has 1 aliphatic rings. The second-order valence-corrected chi connectivity index (χ2v) is 7.51. The van der Waals surface area contributed by atoms with E-state index in [-0.39, 0.29) is 5.25 Å². The van der Waals surface area contributed by atoms with Crippen molar-refractivity contribution in [2.45, 2.75) is 55.6 Å². The smallest absolute Gasteiger partial charge is 0.0564 e. The molecule has 0 spiro atoms. The molecule has 0 saturated heterocycles. The highest BCUT2D eigenvalue weighted by Crippen LogP contribution is 2.30. The zero-order chi connectivity index (χ0) is 13.8. The van der Waals surface area contributed by atoms with Crippen molar-refractivity contribution in [3.63, 3.8) is 0 Å². The Morgan fingerprint density at radius 3 is 2.42 bits per heavy atom. The number of rotatable bonds is 4. The summed E-state index contributed by atoms with van der Waals surface area (Å²) in [6, 6.07) is 8.29. The maximum Gasteiger partial charge on any atom is 0.0564 e. The zero-order valence-corrected chi connectivity index (χ0v) is 12.8. The lowest BCUT2D eigenvalue weighted by Crippen LogP contribution is -2.34. The summed E-state index contributed by atoms with van der Waals surface area (Å²) in [5, 5.41) is 0.253. The van der Waals surface area contributed by atoms with Crippen LogP contribution in [0, 0.1) is 5.92 Å². The van der Waals surface area contributed by atoms with Crippen LogP contribution in [0.2, 0.25) is 0 Å². The van der Waals surface area contributed by atoms with Crippen LogP contribution in [0.15, 0.2) is 29.2 Å². The van der Waals surface area contributed by atoms with E-state index in [2.05, 4.69) is 26.0 Å². The highest BCUT2D eigenvalue weighted by atomic mass is 32.2. The summed E-state index contributed by atoms with van der Waals surface area (Å²) in [4.78, 5) is 0.967. The second kappa shape index (κ2) is 6.67. The number of hydrogen-bond acceptors (Lipinski definition) is 2. The molecule has 0 heterocycles. The molecule has 0 aromatic heterocycles. The Kier molecular flexibility index (Phi) is 5.17. The van der Waals surface area contributed by atoms with E-state index in [0.29, 0.717) is 18.4 Å². The minimum absolute atomic E-state index is 0.253. The Labute approximate surface area is 119 Å². The van der Waals surface area contributed by atoms with Crippen LogP contribution in [0.3, 0.4) is 0 Å². The molecule has 1 aromatic rings. The molecule has 2 nitrogen and oxygen atoms in total. The molecule has 0 bridgehead atoms. The van der Waals surface area contributed by atoms with Gasteiger partial charge in [-0.05, 0) is 48.9 Å². The van der Waals surface area contributed by atoms with E-state index in [4.69, 9.17) is 5.73 Å². The van der Waals surface area contributed by atoms with Crippen molar-refractivity contribution >= 4 is 10.8 Å². The van der Waals surface area contributed by atoms with Crippen molar-refractivity contribution in [3.8, 4) is 0 Å². The fourth-order valence-corrected chi connectivity index (χ4v) is 4.62. The molecule has 3 heteroatoms. The number of nitrogens with two attached hydrogens (primary N) is 1. The van der Waals surface area contributed by atoms with Gasteiger partial charge in [-0.25, -0.2) is 0 Å². The van der Waals surface area contributed by atoms with Gasteiger partial charge in [0.2, 0.25) is 0 Å². The molecule has 19 heavy (non-hydrogen) atoms. The first kappa shape index (κ1) is 14.7. The Morgan fingerprint density at radius 1 is 1.21 bits per heavy atom. The summed E-state index contributed by atoms with van der Waals surface area (Å²) in [6.45, 7) is 5.02.